The predicted octanol–water partition coefficient (Wildman–Crippen LogP) is 4.24. The molecule has 0 bridgehead atoms. The van der Waals surface area contributed by atoms with Gasteiger partial charge in [-0.1, -0.05) is 12.1 Å². The number of ether oxygens (including phenoxy) is 2. The third-order valence-corrected chi connectivity index (χ3v) is 4.68. The van der Waals surface area contributed by atoms with E-state index < -0.39 is 0 Å². The Hall–Kier alpha value is -2.36. The summed E-state index contributed by atoms with van der Waals surface area (Å²) in [6, 6.07) is 14.5. The number of methoxy groups -OCH3 is 1. The van der Waals surface area contributed by atoms with Gasteiger partial charge in [0.1, 0.15) is 18.1 Å². The van der Waals surface area contributed by atoms with Gasteiger partial charge in [0.05, 0.1) is 18.5 Å². The number of nitrogens with two attached hydrogens (primary N) is 1. The summed E-state index contributed by atoms with van der Waals surface area (Å²) >= 11 is 0. The summed E-state index contributed by atoms with van der Waals surface area (Å²) in [6.45, 7) is 3.87. The van der Waals surface area contributed by atoms with Crippen LogP contribution >= 0.6 is 0 Å². The molecule has 2 aromatic rings. The molecule has 1 fully saturated rings. The molecule has 24 heavy (non-hydrogen) atoms. The van der Waals surface area contributed by atoms with Gasteiger partial charge >= 0.3 is 0 Å². The van der Waals surface area contributed by atoms with Crippen molar-refractivity contribution in [3.63, 3.8) is 0 Å². The zero-order valence-corrected chi connectivity index (χ0v) is 14.5. The van der Waals surface area contributed by atoms with Crippen molar-refractivity contribution in [2.45, 2.75) is 38.8 Å². The fourth-order valence-electron chi connectivity index (χ4n) is 3.23. The first-order valence-corrected chi connectivity index (χ1v) is 8.59. The van der Waals surface area contributed by atoms with Gasteiger partial charge in [-0.05, 0) is 56.0 Å². The fraction of sp³-hybridized carbons (Fsp3) is 0.400. The molecule has 0 spiro atoms. The Morgan fingerprint density at radius 1 is 1.08 bits per heavy atom. The predicted molar refractivity (Wildman–Crippen MR) is 98.8 cm³/mol. The minimum absolute atomic E-state index is 0.517. The van der Waals surface area contributed by atoms with Crippen molar-refractivity contribution < 1.29 is 9.47 Å². The van der Waals surface area contributed by atoms with Crippen molar-refractivity contribution in [2.24, 2.45) is 0 Å². The highest BCUT2D eigenvalue weighted by atomic mass is 16.5. The maximum absolute atomic E-state index is 6.28. The van der Waals surface area contributed by atoms with Gasteiger partial charge in [-0.3, -0.25) is 0 Å². The molecule has 4 heteroatoms. The molecule has 1 heterocycles. The number of nitrogen functional groups attached to an aromatic ring is 1. The highest BCUT2D eigenvalue weighted by Gasteiger charge is 2.20. The molecule has 1 aliphatic heterocycles. The van der Waals surface area contributed by atoms with Crippen molar-refractivity contribution in [1.82, 2.24) is 0 Å². The number of hydrogen-bond donors (Lipinski definition) is 1. The van der Waals surface area contributed by atoms with Gasteiger partial charge < -0.3 is 20.1 Å². The van der Waals surface area contributed by atoms with Crippen LogP contribution in [-0.4, -0.2) is 19.7 Å². The van der Waals surface area contributed by atoms with Gasteiger partial charge in [-0.25, -0.2) is 0 Å². The van der Waals surface area contributed by atoms with Gasteiger partial charge in [0.2, 0.25) is 0 Å². The van der Waals surface area contributed by atoms with E-state index in [1.54, 1.807) is 7.11 Å². The normalized spacial score (nSPS) is 17.6. The molecule has 0 saturated carbocycles. The van der Waals surface area contributed by atoms with E-state index in [2.05, 4.69) is 17.9 Å². The van der Waals surface area contributed by atoms with Crippen LogP contribution in [0.4, 0.5) is 11.4 Å². The summed E-state index contributed by atoms with van der Waals surface area (Å²) in [7, 11) is 1.67. The molecule has 1 atom stereocenters. The van der Waals surface area contributed by atoms with E-state index in [9.17, 15) is 0 Å². The molecule has 0 amide bonds. The van der Waals surface area contributed by atoms with E-state index in [1.165, 1.54) is 19.3 Å². The van der Waals surface area contributed by atoms with Crippen LogP contribution in [0.1, 0.15) is 31.7 Å². The van der Waals surface area contributed by atoms with Crippen molar-refractivity contribution in [1.29, 1.82) is 0 Å². The van der Waals surface area contributed by atoms with Crippen LogP contribution in [0, 0.1) is 0 Å². The second kappa shape index (κ2) is 7.47. The topological polar surface area (TPSA) is 47.7 Å². The molecule has 0 aromatic heterocycles. The lowest BCUT2D eigenvalue weighted by molar-refractivity contribution is 0.306. The van der Waals surface area contributed by atoms with Crippen LogP contribution in [0.5, 0.6) is 11.5 Å². The number of piperidine rings is 1. The van der Waals surface area contributed by atoms with E-state index >= 15 is 0 Å². The van der Waals surface area contributed by atoms with Crippen molar-refractivity contribution in [3.05, 3.63) is 48.0 Å². The van der Waals surface area contributed by atoms with Crippen molar-refractivity contribution >= 4 is 11.4 Å². The maximum Gasteiger partial charge on any atom is 0.122 e. The minimum atomic E-state index is 0.517. The Labute approximate surface area is 144 Å². The van der Waals surface area contributed by atoms with E-state index in [4.69, 9.17) is 15.2 Å². The summed E-state index contributed by atoms with van der Waals surface area (Å²) in [4.78, 5) is 2.41. The summed E-state index contributed by atoms with van der Waals surface area (Å²) in [5.74, 6) is 1.65. The highest BCUT2D eigenvalue weighted by molar-refractivity contribution is 5.70. The third-order valence-electron chi connectivity index (χ3n) is 4.68. The van der Waals surface area contributed by atoms with Crippen LogP contribution in [0.3, 0.4) is 0 Å². The fourth-order valence-corrected chi connectivity index (χ4v) is 3.23. The van der Waals surface area contributed by atoms with Crippen LogP contribution in [0.25, 0.3) is 0 Å². The van der Waals surface area contributed by atoms with Crippen molar-refractivity contribution in [2.75, 3.05) is 24.3 Å². The number of anilines is 2. The lowest BCUT2D eigenvalue weighted by Gasteiger charge is -2.36. The van der Waals surface area contributed by atoms with Crippen LogP contribution in [0.2, 0.25) is 0 Å². The molecule has 1 unspecified atom stereocenters. The standard InChI is InChI=1S/C20H26N2O2/c1-15-5-3-4-12-22(15)20-11-10-18(13-19(20)21)24-14-16-6-8-17(23-2)9-7-16/h6-11,13,15H,3-5,12,14,21H2,1-2H3. The number of hydrogen-bond acceptors (Lipinski definition) is 4. The monoisotopic (exact) mass is 326 g/mol. The molecule has 2 aromatic carbocycles. The van der Waals surface area contributed by atoms with Crippen molar-refractivity contribution in [3.8, 4) is 11.5 Å². The smallest absolute Gasteiger partial charge is 0.122 e. The molecule has 128 valence electrons. The number of nitrogens with zero attached hydrogens (tertiary/aromatic N) is 1. The molecule has 0 aliphatic carbocycles. The molecule has 4 nitrogen and oxygen atoms in total. The summed E-state index contributed by atoms with van der Waals surface area (Å²) < 4.78 is 11.0. The summed E-state index contributed by atoms with van der Waals surface area (Å²) in [6.07, 6.45) is 3.77. The first-order valence-electron chi connectivity index (χ1n) is 8.59. The third kappa shape index (κ3) is 3.75. The van der Waals surface area contributed by atoms with E-state index in [0.717, 1.165) is 35.0 Å². The SMILES string of the molecule is COc1ccc(COc2ccc(N3CCCCC3C)c(N)c2)cc1. The lowest BCUT2D eigenvalue weighted by atomic mass is 10.0. The Kier molecular flexibility index (Phi) is 5.14. The van der Waals surface area contributed by atoms with Gasteiger partial charge in [-0.2, -0.15) is 0 Å². The first kappa shape index (κ1) is 16.5. The molecule has 3 rings (SSSR count). The average Bonchev–Trinajstić information content (AvgIpc) is 2.61. The average molecular weight is 326 g/mol. The molecule has 1 saturated heterocycles. The van der Waals surface area contributed by atoms with Gasteiger partial charge in [0.25, 0.3) is 0 Å². The molecular weight excluding hydrogens is 300 g/mol. The summed E-state index contributed by atoms with van der Waals surface area (Å²) in [5.41, 5.74) is 9.30. The quantitative estimate of drug-likeness (QED) is 0.835. The maximum atomic E-state index is 6.28. The molecular formula is C20H26N2O2. The van der Waals surface area contributed by atoms with E-state index in [-0.39, 0.29) is 0 Å². The molecule has 0 radical (unpaired) electrons. The zero-order chi connectivity index (χ0) is 16.9. The van der Waals surface area contributed by atoms with Gasteiger partial charge in [0.15, 0.2) is 0 Å². The molecule has 2 N–H and O–H groups in total. The van der Waals surface area contributed by atoms with Crippen LogP contribution in [-0.2, 0) is 6.61 Å². The Bertz CT molecular complexity index is 670. The minimum Gasteiger partial charge on any atom is -0.497 e. The highest BCUT2D eigenvalue weighted by Crippen LogP contribution is 2.32. The lowest BCUT2D eigenvalue weighted by Crippen LogP contribution is -2.37. The molecule has 1 aliphatic rings. The summed E-state index contributed by atoms with van der Waals surface area (Å²) in [5, 5.41) is 0. The van der Waals surface area contributed by atoms with Gasteiger partial charge in [0, 0.05) is 18.7 Å². The van der Waals surface area contributed by atoms with E-state index in [0.29, 0.717) is 12.6 Å². The zero-order valence-electron chi connectivity index (χ0n) is 14.5. The second-order valence-electron chi connectivity index (χ2n) is 6.40. The van der Waals surface area contributed by atoms with E-state index in [1.807, 2.05) is 36.4 Å². The first-order chi connectivity index (χ1) is 11.7. The Morgan fingerprint density at radius 3 is 2.50 bits per heavy atom. The largest absolute Gasteiger partial charge is 0.497 e. The Morgan fingerprint density at radius 2 is 1.83 bits per heavy atom. The van der Waals surface area contributed by atoms with Crippen LogP contribution in [0.15, 0.2) is 42.5 Å². The number of rotatable bonds is 5. The Balaban J connectivity index is 1.65. The van der Waals surface area contributed by atoms with Crippen LogP contribution < -0.4 is 20.1 Å². The number of benzene rings is 2. The second-order valence-corrected chi connectivity index (χ2v) is 6.40. The van der Waals surface area contributed by atoms with Gasteiger partial charge in [-0.15, -0.1) is 0 Å².